The van der Waals surface area contributed by atoms with E-state index in [0.717, 1.165) is 24.1 Å². The van der Waals surface area contributed by atoms with Crippen molar-refractivity contribution in [3.8, 4) is 0 Å². The average Bonchev–Trinajstić information content (AvgIpc) is 2.38. The van der Waals surface area contributed by atoms with Crippen LogP contribution in [0.25, 0.3) is 10.9 Å². The maximum Gasteiger partial charge on any atom is 0.336 e. The lowest BCUT2D eigenvalue weighted by molar-refractivity contribution is 0.0697. The SMILES string of the molecule is CCCc1nc2c(Cl)cccc2c(C(=O)O)c1CC. The first-order valence-corrected chi connectivity index (χ1v) is 6.81. The first kappa shape index (κ1) is 13.8. The molecule has 100 valence electrons. The number of hydrogen-bond donors (Lipinski definition) is 1. The van der Waals surface area contributed by atoms with Gasteiger partial charge in [-0.1, -0.05) is 44.0 Å². The molecule has 2 rings (SSSR count). The summed E-state index contributed by atoms with van der Waals surface area (Å²) in [5.74, 6) is -0.913. The van der Waals surface area contributed by atoms with Gasteiger partial charge in [-0.15, -0.1) is 0 Å². The van der Waals surface area contributed by atoms with Gasteiger partial charge in [0, 0.05) is 11.1 Å². The van der Waals surface area contributed by atoms with Gasteiger partial charge in [0.1, 0.15) is 0 Å². The van der Waals surface area contributed by atoms with Crippen molar-refractivity contribution in [2.45, 2.75) is 33.1 Å². The summed E-state index contributed by atoms with van der Waals surface area (Å²) in [7, 11) is 0. The largest absolute Gasteiger partial charge is 0.478 e. The maximum absolute atomic E-state index is 11.6. The molecule has 0 fully saturated rings. The molecule has 4 heteroatoms. The number of aromatic nitrogens is 1. The number of pyridine rings is 1. The highest BCUT2D eigenvalue weighted by Crippen LogP contribution is 2.29. The molecular formula is C15H16ClNO2. The third kappa shape index (κ3) is 2.43. The van der Waals surface area contributed by atoms with E-state index < -0.39 is 5.97 Å². The summed E-state index contributed by atoms with van der Waals surface area (Å²) in [5, 5.41) is 10.6. The lowest BCUT2D eigenvalue weighted by atomic mass is 9.96. The van der Waals surface area contributed by atoms with Crippen molar-refractivity contribution in [1.82, 2.24) is 4.98 Å². The monoisotopic (exact) mass is 277 g/mol. The number of carboxylic acid groups (broad SMARTS) is 1. The number of carboxylic acids is 1. The minimum absolute atomic E-state index is 0.346. The van der Waals surface area contributed by atoms with Crippen LogP contribution in [0.15, 0.2) is 18.2 Å². The summed E-state index contributed by atoms with van der Waals surface area (Å²) < 4.78 is 0. The van der Waals surface area contributed by atoms with Crippen molar-refractivity contribution in [2.75, 3.05) is 0 Å². The predicted octanol–water partition coefficient (Wildman–Crippen LogP) is 4.10. The summed E-state index contributed by atoms with van der Waals surface area (Å²) in [6.45, 7) is 4.01. The zero-order chi connectivity index (χ0) is 14.0. The van der Waals surface area contributed by atoms with Crippen LogP contribution in [0.4, 0.5) is 0 Å². The van der Waals surface area contributed by atoms with Crippen molar-refractivity contribution in [3.63, 3.8) is 0 Å². The van der Waals surface area contributed by atoms with E-state index in [2.05, 4.69) is 11.9 Å². The number of benzene rings is 1. The van der Waals surface area contributed by atoms with E-state index in [4.69, 9.17) is 11.6 Å². The maximum atomic E-state index is 11.6. The van der Waals surface area contributed by atoms with Crippen LogP contribution >= 0.6 is 11.6 Å². The molecule has 3 nitrogen and oxygen atoms in total. The Labute approximate surface area is 117 Å². The normalized spacial score (nSPS) is 10.9. The predicted molar refractivity (Wildman–Crippen MR) is 77.1 cm³/mol. The number of fused-ring (bicyclic) bond motifs is 1. The molecule has 0 bridgehead atoms. The van der Waals surface area contributed by atoms with Crippen molar-refractivity contribution in [3.05, 3.63) is 40.0 Å². The molecule has 0 saturated carbocycles. The number of rotatable bonds is 4. The Morgan fingerprint density at radius 1 is 1.37 bits per heavy atom. The highest BCUT2D eigenvalue weighted by atomic mass is 35.5. The molecule has 0 saturated heterocycles. The second kappa shape index (κ2) is 5.57. The molecule has 0 unspecified atom stereocenters. The van der Waals surface area contributed by atoms with E-state index in [0.29, 0.717) is 27.9 Å². The molecule has 0 radical (unpaired) electrons. The Kier molecular flexibility index (Phi) is 4.05. The average molecular weight is 278 g/mol. The minimum atomic E-state index is -0.913. The van der Waals surface area contributed by atoms with Crippen molar-refractivity contribution < 1.29 is 9.90 Å². The van der Waals surface area contributed by atoms with Gasteiger partial charge in [-0.05, 0) is 24.5 Å². The van der Waals surface area contributed by atoms with Crippen LogP contribution in [-0.2, 0) is 12.8 Å². The first-order chi connectivity index (χ1) is 9.10. The molecule has 19 heavy (non-hydrogen) atoms. The highest BCUT2D eigenvalue weighted by Gasteiger charge is 2.19. The summed E-state index contributed by atoms with van der Waals surface area (Å²) in [4.78, 5) is 16.2. The standard InChI is InChI=1S/C15H16ClNO2/c1-3-6-12-9(4-2)13(15(18)19)10-7-5-8-11(16)14(10)17-12/h5,7-8H,3-4,6H2,1-2H3,(H,18,19). The summed E-state index contributed by atoms with van der Waals surface area (Å²) in [6.07, 6.45) is 2.35. The number of aryl methyl sites for hydroxylation is 1. The third-order valence-electron chi connectivity index (χ3n) is 3.21. The molecule has 1 N–H and O–H groups in total. The van der Waals surface area contributed by atoms with Gasteiger partial charge in [0.2, 0.25) is 0 Å². The quantitative estimate of drug-likeness (QED) is 0.915. The van der Waals surface area contributed by atoms with Crippen LogP contribution in [0.5, 0.6) is 0 Å². The number of halogens is 1. The molecule has 0 aliphatic heterocycles. The lowest BCUT2D eigenvalue weighted by Gasteiger charge is -2.13. The van der Waals surface area contributed by atoms with E-state index in [1.807, 2.05) is 6.92 Å². The Morgan fingerprint density at radius 3 is 2.68 bits per heavy atom. The Balaban J connectivity index is 2.90. The summed E-state index contributed by atoms with van der Waals surface area (Å²) in [5.41, 5.74) is 2.60. The van der Waals surface area contributed by atoms with Gasteiger partial charge in [0.25, 0.3) is 0 Å². The van der Waals surface area contributed by atoms with E-state index >= 15 is 0 Å². The van der Waals surface area contributed by atoms with E-state index in [1.165, 1.54) is 0 Å². The first-order valence-electron chi connectivity index (χ1n) is 6.43. The van der Waals surface area contributed by atoms with Crippen molar-refractivity contribution in [1.29, 1.82) is 0 Å². The lowest BCUT2D eigenvalue weighted by Crippen LogP contribution is -2.09. The van der Waals surface area contributed by atoms with E-state index in [1.54, 1.807) is 18.2 Å². The van der Waals surface area contributed by atoms with Crippen LogP contribution in [0.1, 0.15) is 41.9 Å². The number of carbonyl (C=O) groups is 1. The molecule has 0 aliphatic carbocycles. The van der Waals surface area contributed by atoms with Crippen LogP contribution in [-0.4, -0.2) is 16.1 Å². The number of para-hydroxylation sites is 1. The molecule has 0 spiro atoms. The Morgan fingerprint density at radius 2 is 2.11 bits per heavy atom. The van der Waals surface area contributed by atoms with E-state index in [-0.39, 0.29) is 0 Å². The van der Waals surface area contributed by atoms with Crippen molar-refractivity contribution in [2.24, 2.45) is 0 Å². The second-order valence-electron chi connectivity index (χ2n) is 4.46. The zero-order valence-electron chi connectivity index (χ0n) is 11.0. The van der Waals surface area contributed by atoms with Crippen LogP contribution in [0, 0.1) is 0 Å². The summed E-state index contributed by atoms with van der Waals surface area (Å²) >= 11 is 6.15. The van der Waals surface area contributed by atoms with Gasteiger partial charge in [0.05, 0.1) is 16.1 Å². The van der Waals surface area contributed by atoms with Crippen LogP contribution in [0.3, 0.4) is 0 Å². The van der Waals surface area contributed by atoms with Crippen LogP contribution < -0.4 is 0 Å². The van der Waals surface area contributed by atoms with Crippen molar-refractivity contribution >= 4 is 28.5 Å². The minimum Gasteiger partial charge on any atom is -0.478 e. The molecule has 1 aromatic carbocycles. The molecule has 1 heterocycles. The Hall–Kier alpha value is -1.61. The second-order valence-corrected chi connectivity index (χ2v) is 4.86. The molecule has 0 amide bonds. The fraction of sp³-hybridized carbons (Fsp3) is 0.333. The van der Waals surface area contributed by atoms with Gasteiger partial charge in [-0.25, -0.2) is 4.79 Å². The Bertz CT molecular complexity index is 638. The zero-order valence-corrected chi connectivity index (χ0v) is 11.8. The number of aromatic carboxylic acids is 1. The van der Waals surface area contributed by atoms with E-state index in [9.17, 15) is 9.90 Å². The molecule has 1 aromatic heterocycles. The smallest absolute Gasteiger partial charge is 0.336 e. The van der Waals surface area contributed by atoms with Gasteiger partial charge >= 0.3 is 5.97 Å². The molecular weight excluding hydrogens is 262 g/mol. The number of nitrogens with zero attached hydrogens (tertiary/aromatic N) is 1. The van der Waals surface area contributed by atoms with Crippen LogP contribution in [0.2, 0.25) is 5.02 Å². The summed E-state index contributed by atoms with van der Waals surface area (Å²) in [6, 6.07) is 5.27. The van der Waals surface area contributed by atoms with Gasteiger partial charge in [-0.2, -0.15) is 0 Å². The van der Waals surface area contributed by atoms with Gasteiger partial charge < -0.3 is 5.11 Å². The molecule has 2 aromatic rings. The topological polar surface area (TPSA) is 50.2 Å². The number of hydrogen-bond acceptors (Lipinski definition) is 2. The highest BCUT2D eigenvalue weighted by molar-refractivity contribution is 6.35. The van der Waals surface area contributed by atoms with Gasteiger partial charge in [-0.3, -0.25) is 4.98 Å². The molecule has 0 atom stereocenters. The van der Waals surface area contributed by atoms with Gasteiger partial charge in [0.15, 0.2) is 0 Å². The fourth-order valence-corrected chi connectivity index (χ4v) is 2.63. The third-order valence-corrected chi connectivity index (χ3v) is 3.51. The molecule has 0 aliphatic rings. The fourth-order valence-electron chi connectivity index (χ4n) is 2.41.